The molecule has 0 saturated carbocycles. The number of nitrogens with one attached hydrogen (secondary N) is 1. The van der Waals surface area contributed by atoms with Gasteiger partial charge in [0.15, 0.2) is 0 Å². The summed E-state index contributed by atoms with van der Waals surface area (Å²) in [5.41, 5.74) is 1.01. The van der Waals surface area contributed by atoms with Crippen molar-refractivity contribution in [1.29, 1.82) is 0 Å². The second-order valence-electron chi connectivity index (χ2n) is 4.79. The van der Waals surface area contributed by atoms with E-state index in [1.165, 1.54) is 0 Å². The average molecular weight is 294 g/mol. The lowest BCUT2D eigenvalue weighted by molar-refractivity contribution is -0.137. The first-order valence-electron chi connectivity index (χ1n) is 6.86. The molecule has 1 aromatic rings. The third kappa shape index (κ3) is 6.65. The zero-order valence-electron chi connectivity index (χ0n) is 12.5. The second kappa shape index (κ2) is 8.84. The summed E-state index contributed by atoms with van der Waals surface area (Å²) >= 11 is 0. The number of unbranched alkanes of at least 4 members (excludes halogenated alkanes) is 1. The van der Waals surface area contributed by atoms with Crippen molar-refractivity contribution >= 4 is 12.0 Å². The van der Waals surface area contributed by atoms with Crippen LogP contribution in [0.25, 0.3) is 0 Å². The predicted octanol–water partition coefficient (Wildman–Crippen LogP) is 2.09. The number of nitrogens with zero attached hydrogens (tertiary/aromatic N) is 1. The zero-order valence-corrected chi connectivity index (χ0v) is 12.5. The standard InChI is InChI=1S/C15H22N2O4/c1-17(11-12-6-8-13(21-2)9-7-12)15(20)16-10-4-3-5-14(18)19/h6-9H,3-5,10-11H2,1-2H3,(H,16,20)(H,18,19). The average Bonchev–Trinajstić information content (AvgIpc) is 2.47. The van der Waals surface area contributed by atoms with E-state index in [4.69, 9.17) is 9.84 Å². The van der Waals surface area contributed by atoms with E-state index >= 15 is 0 Å². The van der Waals surface area contributed by atoms with Gasteiger partial charge in [-0.05, 0) is 30.5 Å². The minimum atomic E-state index is -0.807. The summed E-state index contributed by atoms with van der Waals surface area (Å²) < 4.78 is 5.08. The maximum Gasteiger partial charge on any atom is 0.317 e. The molecule has 0 saturated heterocycles. The molecule has 116 valence electrons. The molecule has 6 nitrogen and oxygen atoms in total. The van der Waals surface area contributed by atoms with Crippen LogP contribution in [0.15, 0.2) is 24.3 Å². The molecule has 0 heterocycles. The van der Waals surface area contributed by atoms with Crippen LogP contribution in [0.4, 0.5) is 4.79 Å². The molecule has 1 aromatic carbocycles. The topological polar surface area (TPSA) is 78.9 Å². The van der Waals surface area contributed by atoms with Crippen LogP contribution in [0.2, 0.25) is 0 Å². The first-order chi connectivity index (χ1) is 10.0. The zero-order chi connectivity index (χ0) is 15.7. The fourth-order valence-electron chi connectivity index (χ4n) is 1.81. The number of carboxylic acid groups (broad SMARTS) is 1. The van der Waals surface area contributed by atoms with Crippen molar-refractivity contribution in [3.8, 4) is 5.75 Å². The van der Waals surface area contributed by atoms with Crippen LogP contribution < -0.4 is 10.1 Å². The number of carboxylic acids is 1. The van der Waals surface area contributed by atoms with E-state index in [2.05, 4.69) is 5.32 Å². The van der Waals surface area contributed by atoms with Gasteiger partial charge in [-0.25, -0.2) is 4.79 Å². The van der Waals surface area contributed by atoms with Crippen LogP contribution in [0, 0.1) is 0 Å². The van der Waals surface area contributed by atoms with E-state index in [1.807, 2.05) is 24.3 Å². The first kappa shape index (κ1) is 16.8. The van der Waals surface area contributed by atoms with E-state index in [-0.39, 0.29) is 12.5 Å². The lowest BCUT2D eigenvalue weighted by Crippen LogP contribution is -2.37. The summed E-state index contributed by atoms with van der Waals surface area (Å²) in [7, 11) is 3.33. The molecular weight excluding hydrogens is 272 g/mol. The number of aliphatic carboxylic acids is 1. The first-order valence-corrected chi connectivity index (χ1v) is 6.86. The number of methoxy groups -OCH3 is 1. The van der Waals surface area contributed by atoms with Gasteiger partial charge in [0.05, 0.1) is 7.11 Å². The Morgan fingerprint density at radius 1 is 1.24 bits per heavy atom. The second-order valence-corrected chi connectivity index (χ2v) is 4.79. The number of rotatable bonds is 8. The lowest BCUT2D eigenvalue weighted by Gasteiger charge is -2.18. The number of carbonyl (C=O) groups excluding carboxylic acids is 1. The molecule has 0 spiro atoms. The van der Waals surface area contributed by atoms with Gasteiger partial charge >= 0.3 is 12.0 Å². The highest BCUT2D eigenvalue weighted by molar-refractivity contribution is 5.73. The third-order valence-corrected chi connectivity index (χ3v) is 3.02. The Labute approximate surface area is 124 Å². The van der Waals surface area contributed by atoms with Crippen molar-refractivity contribution in [2.75, 3.05) is 20.7 Å². The molecule has 0 unspecified atom stereocenters. The molecule has 0 fully saturated rings. The van der Waals surface area contributed by atoms with Crippen LogP contribution in [0.1, 0.15) is 24.8 Å². The highest BCUT2D eigenvalue weighted by Gasteiger charge is 2.08. The van der Waals surface area contributed by atoms with Crippen molar-refractivity contribution in [3.05, 3.63) is 29.8 Å². The molecule has 0 aromatic heterocycles. The van der Waals surface area contributed by atoms with Gasteiger partial charge in [-0.3, -0.25) is 4.79 Å². The van der Waals surface area contributed by atoms with Crippen molar-refractivity contribution in [1.82, 2.24) is 10.2 Å². The number of urea groups is 1. The number of ether oxygens (including phenoxy) is 1. The SMILES string of the molecule is COc1ccc(CN(C)C(=O)NCCCCC(=O)O)cc1. The van der Waals surface area contributed by atoms with Gasteiger partial charge in [0.1, 0.15) is 5.75 Å². The minimum absolute atomic E-state index is 0.136. The van der Waals surface area contributed by atoms with Crippen LogP contribution >= 0.6 is 0 Å². The highest BCUT2D eigenvalue weighted by atomic mass is 16.5. The third-order valence-electron chi connectivity index (χ3n) is 3.02. The quantitative estimate of drug-likeness (QED) is 0.720. The summed E-state index contributed by atoms with van der Waals surface area (Å²) in [6.45, 7) is 0.990. The summed E-state index contributed by atoms with van der Waals surface area (Å²) in [4.78, 5) is 23.8. The molecule has 0 radical (unpaired) electrons. The van der Waals surface area contributed by atoms with Crippen LogP contribution in [-0.4, -0.2) is 42.7 Å². The Bertz CT molecular complexity index is 459. The normalized spacial score (nSPS) is 10.0. The predicted molar refractivity (Wildman–Crippen MR) is 79.3 cm³/mol. The monoisotopic (exact) mass is 294 g/mol. The fourth-order valence-corrected chi connectivity index (χ4v) is 1.81. The van der Waals surface area contributed by atoms with Gasteiger partial charge in [0.25, 0.3) is 0 Å². The van der Waals surface area contributed by atoms with E-state index in [1.54, 1.807) is 19.1 Å². The molecule has 0 aliphatic rings. The molecule has 2 N–H and O–H groups in total. The largest absolute Gasteiger partial charge is 0.497 e. The van der Waals surface area contributed by atoms with Crippen molar-refractivity contribution in [3.63, 3.8) is 0 Å². The molecule has 0 aliphatic carbocycles. The molecule has 21 heavy (non-hydrogen) atoms. The van der Waals surface area contributed by atoms with Gasteiger partial charge in [0.2, 0.25) is 0 Å². The van der Waals surface area contributed by atoms with Crippen LogP contribution in [0.5, 0.6) is 5.75 Å². The van der Waals surface area contributed by atoms with Crippen LogP contribution in [0.3, 0.4) is 0 Å². The molecule has 0 atom stereocenters. The van der Waals surface area contributed by atoms with E-state index in [0.717, 1.165) is 11.3 Å². The Kier molecular flexibility index (Phi) is 7.08. The van der Waals surface area contributed by atoms with Gasteiger partial charge in [0, 0.05) is 26.6 Å². The Balaban J connectivity index is 2.28. The summed E-state index contributed by atoms with van der Waals surface area (Å²) in [6.07, 6.45) is 1.36. The van der Waals surface area contributed by atoms with Crippen molar-refractivity contribution < 1.29 is 19.4 Å². The molecular formula is C15H22N2O4. The van der Waals surface area contributed by atoms with E-state index in [9.17, 15) is 9.59 Å². The lowest BCUT2D eigenvalue weighted by atomic mass is 10.2. The molecule has 6 heteroatoms. The Morgan fingerprint density at radius 2 is 1.90 bits per heavy atom. The summed E-state index contributed by atoms with van der Waals surface area (Å²) in [5.74, 6) is -0.0257. The van der Waals surface area contributed by atoms with E-state index < -0.39 is 5.97 Å². The number of amides is 2. The van der Waals surface area contributed by atoms with Gasteiger partial charge in [-0.2, -0.15) is 0 Å². The van der Waals surface area contributed by atoms with Crippen molar-refractivity contribution in [2.24, 2.45) is 0 Å². The van der Waals surface area contributed by atoms with Crippen LogP contribution in [-0.2, 0) is 11.3 Å². The smallest absolute Gasteiger partial charge is 0.317 e. The Hall–Kier alpha value is -2.24. The number of benzene rings is 1. The Morgan fingerprint density at radius 3 is 2.48 bits per heavy atom. The molecule has 0 aliphatic heterocycles. The van der Waals surface area contributed by atoms with Crippen molar-refractivity contribution in [2.45, 2.75) is 25.8 Å². The highest BCUT2D eigenvalue weighted by Crippen LogP contribution is 2.12. The number of hydrogen-bond donors (Lipinski definition) is 2. The fraction of sp³-hybridized carbons (Fsp3) is 0.467. The molecule has 2 amide bonds. The van der Waals surface area contributed by atoms with E-state index in [0.29, 0.717) is 25.9 Å². The number of carbonyl (C=O) groups is 2. The minimum Gasteiger partial charge on any atom is -0.497 e. The maximum atomic E-state index is 11.8. The number of hydrogen-bond acceptors (Lipinski definition) is 3. The van der Waals surface area contributed by atoms with Gasteiger partial charge in [-0.1, -0.05) is 12.1 Å². The summed E-state index contributed by atoms with van der Waals surface area (Å²) in [5, 5.41) is 11.3. The molecule has 1 rings (SSSR count). The molecule has 0 bridgehead atoms. The van der Waals surface area contributed by atoms with Gasteiger partial charge < -0.3 is 20.1 Å². The maximum absolute atomic E-state index is 11.8. The summed E-state index contributed by atoms with van der Waals surface area (Å²) in [6, 6.07) is 7.37. The van der Waals surface area contributed by atoms with Gasteiger partial charge in [-0.15, -0.1) is 0 Å².